The lowest BCUT2D eigenvalue weighted by atomic mass is 10.1. The van der Waals surface area contributed by atoms with Crippen LogP contribution in [0.25, 0.3) is 22.3 Å². The molecule has 0 fully saturated rings. The van der Waals surface area contributed by atoms with Crippen molar-refractivity contribution in [3.63, 3.8) is 0 Å². The minimum atomic E-state index is -4.58. The topological polar surface area (TPSA) is 89.5 Å². The molecule has 7 nitrogen and oxygen atoms in total. The molecule has 0 amide bonds. The number of nitrogens with zero attached hydrogens (tertiary/aromatic N) is 4. The molecule has 4 aromatic rings. The number of methoxy groups -OCH3 is 1. The summed E-state index contributed by atoms with van der Waals surface area (Å²) >= 11 is 6.26. The lowest BCUT2D eigenvalue weighted by Gasteiger charge is -2.13. The largest absolute Gasteiger partial charge is 0.493 e. The van der Waals surface area contributed by atoms with Gasteiger partial charge in [-0.1, -0.05) is 35.9 Å². The zero-order chi connectivity index (χ0) is 25.9. The number of para-hydroxylation sites is 1. The number of fused-ring (bicyclic) bond motifs is 1. The Morgan fingerprint density at radius 1 is 1.17 bits per heavy atom. The molecule has 0 saturated carbocycles. The van der Waals surface area contributed by atoms with Crippen molar-refractivity contribution in [1.29, 1.82) is 5.26 Å². The molecule has 36 heavy (non-hydrogen) atoms. The Morgan fingerprint density at radius 3 is 2.67 bits per heavy atom. The maximum absolute atomic E-state index is 13.3. The van der Waals surface area contributed by atoms with Gasteiger partial charge >= 0.3 is 6.18 Å². The molecule has 0 aliphatic carbocycles. The van der Waals surface area contributed by atoms with Crippen LogP contribution in [0.5, 0.6) is 11.5 Å². The van der Waals surface area contributed by atoms with Crippen LogP contribution < -0.4 is 15.0 Å². The van der Waals surface area contributed by atoms with Crippen molar-refractivity contribution in [3.8, 4) is 29.0 Å². The van der Waals surface area contributed by atoms with E-state index < -0.39 is 17.3 Å². The zero-order valence-corrected chi connectivity index (χ0v) is 19.3. The van der Waals surface area contributed by atoms with Crippen LogP contribution in [0.15, 0.2) is 70.6 Å². The standard InChI is InChI=1S/C25H16ClF3N4O3/c1-35-21-12-15(11-19(26)22(21)36-10-9-30)14-31-33-23(16-5-4-6-17(13-16)25(27,28)29)32-20-8-3-2-7-18(20)24(33)34/h2-8,11-14H,10H2,1H3. The highest BCUT2D eigenvalue weighted by Gasteiger charge is 2.31. The van der Waals surface area contributed by atoms with Crippen LogP contribution in [0, 0.1) is 11.3 Å². The molecule has 0 spiro atoms. The van der Waals surface area contributed by atoms with Crippen molar-refractivity contribution in [2.45, 2.75) is 6.18 Å². The number of alkyl halides is 3. The molecule has 3 aromatic carbocycles. The monoisotopic (exact) mass is 512 g/mol. The van der Waals surface area contributed by atoms with E-state index in [1.54, 1.807) is 24.3 Å². The lowest BCUT2D eigenvalue weighted by Crippen LogP contribution is -2.20. The zero-order valence-electron chi connectivity index (χ0n) is 18.6. The number of ether oxygens (including phenoxy) is 2. The molecule has 0 N–H and O–H groups in total. The fourth-order valence-electron chi connectivity index (χ4n) is 3.44. The van der Waals surface area contributed by atoms with E-state index in [0.29, 0.717) is 11.1 Å². The van der Waals surface area contributed by atoms with Crippen molar-refractivity contribution in [3.05, 3.63) is 87.2 Å². The first kappa shape index (κ1) is 24.8. The van der Waals surface area contributed by atoms with Crippen LogP contribution in [0.1, 0.15) is 11.1 Å². The van der Waals surface area contributed by atoms with Gasteiger partial charge in [-0.3, -0.25) is 4.79 Å². The number of benzene rings is 3. The molecule has 0 bridgehead atoms. The maximum Gasteiger partial charge on any atom is 0.416 e. The fourth-order valence-corrected chi connectivity index (χ4v) is 3.71. The van der Waals surface area contributed by atoms with Crippen LogP contribution in [-0.2, 0) is 6.18 Å². The number of rotatable bonds is 6. The van der Waals surface area contributed by atoms with E-state index in [2.05, 4.69) is 10.1 Å². The van der Waals surface area contributed by atoms with E-state index in [9.17, 15) is 18.0 Å². The molecule has 182 valence electrons. The van der Waals surface area contributed by atoms with E-state index in [1.807, 2.05) is 6.07 Å². The molecule has 0 aliphatic heterocycles. The van der Waals surface area contributed by atoms with Gasteiger partial charge in [0.1, 0.15) is 6.07 Å². The number of halogens is 4. The highest BCUT2D eigenvalue weighted by molar-refractivity contribution is 6.32. The van der Waals surface area contributed by atoms with Crippen molar-refractivity contribution in [2.24, 2.45) is 5.10 Å². The average Bonchev–Trinajstić information content (AvgIpc) is 2.86. The Labute approximate surface area is 207 Å². The van der Waals surface area contributed by atoms with Gasteiger partial charge < -0.3 is 9.47 Å². The summed E-state index contributed by atoms with van der Waals surface area (Å²) in [6.07, 6.45) is -3.29. The first-order chi connectivity index (χ1) is 17.2. The van der Waals surface area contributed by atoms with Gasteiger partial charge in [-0.05, 0) is 42.0 Å². The second kappa shape index (κ2) is 10.1. The summed E-state index contributed by atoms with van der Waals surface area (Å²) in [5, 5.41) is 13.3. The summed E-state index contributed by atoms with van der Waals surface area (Å²) in [6, 6.07) is 15.8. The predicted molar refractivity (Wildman–Crippen MR) is 129 cm³/mol. The van der Waals surface area contributed by atoms with Gasteiger partial charge in [0.2, 0.25) is 0 Å². The molecule has 11 heteroatoms. The van der Waals surface area contributed by atoms with Crippen LogP contribution in [0.4, 0.5) is 13.2 Å². The molecule has 0 unspecified atom stereocenters. The lowest BCUT2D eigenvalue weighted by molar-refractivity contribution is -0.137. The average molecular weight is 513 g/mol. The van der Waals surface area contributed by atoms with E-state index in [1.165, 1.54) is 37.6 Å². The third kappa shape index (κ3) is 5.01. The second-order valence-corrected chi connectivity index (χ2v) is 7.78. The number of aromatic nitrogens is 2. The molecule has 1 aromatic heterocycles. The Morgan fingerprint density at radius 2 is 1.94 bits per heavy atom. The van der Waals surface area contributed by atoms with Gasteiger partial charge in [-0.25, -0.2) is 4.98 Å². The van der Waals surface area contributed by atoms with Gasteiger partial charge in [0.25, 0.3) is 5.56 Å². The minimum Gasteiger partial charge on any atom is -0.493 e. The molecule has 1 heterocycles. The van der Waals surface area contributed by atoms with Gasteiger partial charge in [0.15, 0.2) is 23.9 Å². The second-order valence-electron chi connectivity index (χ2n) is 7.37. The highest BCUT2D eigenvalue weighted by atomic mass is 35.5. The smallest absolute Gasteiger partial charge is 0.416 e. The number of hydrogen-bond acceptors (Lipinski definition) is 6. The van der Waals surface area contributed by atoms with Crippen molar-refractivity contribution >= 4 is 28.7 Å². The predicted octanol–water partition coefficient (Wildman–Crippen LogP) is 5.53. The molecule has 0 atom stereocenters. The SMILES string of the molecule is COc1cc(C=Nn2c(-c3cccc(C(F)(F)F)c3)nc3ccccc3c2=O)cc(Cl)c1OCC#N. The number of nitriles is 1. The molecule has 0 aliphatic rings. The van der Waals surface area contributed by atoms with Crippen LogP contribution >= 0.6 is 11.6 Å². The molecular weight excluding hydrogens is 497 g/mol. The van der Waals surface area contributed by atoms with Crippen molar-refractivity contribution in [1.82, 2.24) is 9.66 Å². The van der Waals surface area contributed by atoms with Gasteiger partial charge in [0.05, 0.1) is 34.8 Å². The van der Waals surface area contributed by atoms with Crippen LogP contribution in [0.2, 0.25) is 5.02 Å². The third-order valence-corrected chi connectivity index (χ3v) is 5.34. The van der Waals surface area contributed by atoms with Crippen LogP contribution in [0.3, 0.4) is 0 Å². The van der Waals surface area contributed by atoms with Gasteiger partial charge in [0, 0.05) is 5.56 Å². The summed E-state index contributed by atoms with van der Waals surface area (Å²) in [5.74, 6) is 0.307. The molecular formula is C25H16ClF3N4O3. The first-order valence-electron chi connectivity index (χ1n) is 10.3. The molecule has 4 rings (SSSR count). The highest BCUT2D eigenvalue weighted by Crippen LogP contribution is 2.36. The third-order valence-electron chi connectivity index (χ3n) is 5.06. The van der Waals surface area contributed by atoms with Gasteiger partial charge in [-0.2, -0.15) is 28.2 Å². The van der Waals surface area contributed by atoms with Crippen molar-refractivity contribution in [2.75, 3.05) is 13.7 Å². The first-order valence-corrected chi connectivity index (χ1v) is 10.7. The Bertz CT molecular complexity index is 1580. The van der Waals surface area contributed by atoms with E-state index >= 15 is 0 Å². The van der Waals surface area contributed by atoms with Crippen molar-refractivity contribution < 1.29 is 22.6 Å². The normalized spacial score (nSPS) is 11.6. The minimum absolute atomic E-state index is 0.0562. The Balaban J connectivity index is 1.88. The fraction of sp³-hybridized carbons (Fsp3) is 0.120. The van der Waals surface area contributed by atoms with E-state index in [0.717, 1.165) is 16.8 Å². The maximum atomic E-state index is 13.3. The van der Waals surface area contributed by atoms with E-state index in [-0.39, 0.29) is 39.9 Å². The Hall–Kier alpha value is -4.36. The van der Waals surface area contributed by atoms with Crippen LogP contribution in [-0.4, -0.2) is 29.6 Å². The quantitative estimate of drug-likeness (QED) is 0.317. The van der Waals surface area contributed by atoms with E-state index in [4.69, 9.17) is 26.3 Å². The molecule has 0 saturated heterocycles. The van der Waals surface area contributed by atoms with Gasteiger partial charge in [-0.15, -0.1) is 0 Å². The number of hydrogen-bond donors (Lipinski definition) is 0. The Kier molecular flexibility index (Phi) is 6.94. The summed E-state index contributed by atoms with van der Waals surface area (Å²) in [6.45, 7) is -0.248. The summed E-state index contributed by atoms with van der Waals surface area (Å²) in [4.78, 5) is 17.7. The summed E-state index contributed by atoms with van der Waals surface area (Å²) < 4.78 is 51.5. The summed E-state index contributed by atoms with van der Waals surface area (Å²) in [5.41, 5.74) is -0.694. The molecule has 0 radical (unpaired) electrons. The summed E-state index contributed by atoms with van der Waals surface area (Å²) in [7, 11) is 1.38.